The monoisotopic (exact) mass is 368 g/mol. The SMILES string of the molecule is O=C(N[C@H]1C[C@H]2CC[C@H]1C2)C1CCN(S(=O)(=O)c2cccs2)CC1. The normalized spacial score (nSPS) is 31.4. The second-order valence-electron chi connectivity index (χ2n) is 7.40. The van der Waals surface area contributed by atoms with Crippen LogP contribution in [0.4, 0.5) is 0 Å². The Morgan fingerprint density at radius 2 is 1.96 bits per heavy atom. The van der Waals surface area contributed by atoms with Crippen molar-refractivity contribution < 1.29 is 13.2 Å². The number of rotatable bonds is 4. The first kappa shape index (κ1) is 16.5. The number of nitrogens with one attached hydrogen (secondary N) is 1. The molecule has 2 saturated carbocycles. The number of fused-ring (bicyclic) bond motifs is 2. The van der Waals surface area contributed by atoms with Crippen LogP contribution in [0.25, 0.3) is 0 Å². The number of sulfonamides is 1. The van der Waals surface area contributed by atoms with Crippen molar-refractivity contribution in [1.82, 2.24) is 9.62 Å². The van der Waals surface area contributed by atoms with E-state index in [0.29, 0.717) is 42.1 Å². The summed E-state index contributed by atoms with van der Waals surface area (Å²) in [5, 5.41) is 5.04. The quantitative estimate of drug-likeness (QED) is 0.888. The zero-order chi connectivity index (χ0) is 16.7. The summed E-state index contributed by atoms with van der Waals surface area (Å²) in [5.74, 6) is 1.59. The first-order valence-electron chi connectivity index (χ1n) is 8.88. The molecule has 2 bridgehead atoms. The average molecular weight is 369 g/mol. The highest BCUT2D eigenvalue weighted by Crippen LogP contribution is 2.44. The lowest BCUT2D eigenvalue weighted by Crippen LogP contribution is -2.46. The fourth-order valence-corrected chi connectivity index (χ4v) is 7.23. The van der Waals surface area contributed by atoms with Gasteiger partial charge in [0.15, 0.2) is 0 Å². The highest BCUT2D eigenvalue weighted by atomic mass is 32.2. The first-order valence-corrected chi connectivity index (χ1v) is 11.2. The number of nitrogens with zero attached hydrogens (tertiary/aromatic N) is 1. The summed E-state index contributed by atoms with van der Waals surface area (Å²) in [5.41, 5.74) is 0. The molecule has 4 rings (SSSR count). The number of amides is 1. The van der Waals surface area contributed by atoms with Gasteiger partial charge in [-0.25, -0.2) is 8.42 Å². The molecule has 2 heterocycles. The van der Waals surface area contributed by atoms with Gasteiger partial charge in [0.2, 0.25) is 5.91 Å². The minimum atomic E-state index is -3.38. The number of piperidine rings is 1. The number of hydrogen-bond donors (Lipinski definition) is 1. The van der Waals surface area contributed by atoms with Crippen molar-refractivity contribution in [1.29, 1.82) is 0 Å². The van der Waals surface area contributed by atoms with Crippen LogP contribution in [-0.2, 0) is 14.8 Å². The van der Waals surface area contributed by atoms with E-state index in [9.17, 15) is 13.2 Å². The summed E-state index contributed by atoms with van der Waals surface area (Å²) in [6, 6.07) is 3.77. The lowest BCUT2D eigenvalue weighted by molar-refractivity contribution is -0.127. The van der Waals surface area contributed by atoms with E-state index in [1.54, 1.807) is 17.5 Å². The minimum absolute atomic E-state index is 0.0427. The Morgan fingerprint density at radius 1 is 1.17 bits per heavy atom. The van der Waals surface area contributed by atoms with Crippen LogP contribution >= 0.6 is 11.3 Å². The standard InChI is InChI=1S/C17H24N2O3S2/c20-17(18-15-11-12-3-4-14(15)10-12)13-5-7-19(8-6-13)24(21,22)16-2-1-9-23-16/h1-2,9,12-15H,3-8,10-11H2,(H,18,20)/t12-,14-,15-/m0/s1. The maximum absolute atomic E-state index is 12.5. The number of hydrogen-bond acceptors (Lipinski definition) is 4. The van der Waals surface area contributed by atoms with Crippen LogP contribution in [0, 0.1) is 17.8 Å². The Balaban J connectivity index is 1.32. The molecule has 0 aromatic carbocycles. The summed E-state index contributed by atoms with van der Waals surface area (Å²) in [6.45, 7) is 0.879. The molecule has 0 unspecified atom stereocenters. The van der Waals surface area contributed by atoms with Crippen molar-refractivity contribution in [2.75, 3.05) is 13.1 Å². The van der Waals surface area contributed by atoms with Crippen LogP contribution in [-0.4, -0.2) is 37.8 Å². The summed E-state index contributed by atoms with van der Waals surface area (Å²) >= 11 is 1.25. The second kappa shape index (κ2) is 6.42. The molecule has 3 fully saturated rings. The van der Waals surface area contributed by atoms with Gasteiger partial charge in [0, 0.05) is 25.0 Å². The van der Waals surface area contributed by atoms with Gasteiger partial charge in [0.05, 0.1) is 0 Å². The molecule has 1 aromatic heterocycles. The Bertz CT molecular complexity index is 693. The molecule has 1 aromatic rings. The van der Waals surface area contributed by atoms with Crippen molar-refractivity contribution in [3.05, 3.63) is 17.5 Å². The minimum Gasteiger partial charge on any atom is -0.353 e. The van der Waals surface area contributed by atoms with Crippen molar-refractivity contribution in [2.24, 2.45) is 17.8 Å². The van der Waals surface area contributed by atoms with E-state index in [2.05, 4.69) is 5.32 Å². The van der Waals surface area contributed by atoms with Crippen molar-refractivity contribution in [3.8, 4) is 0 Å². The molecule has 1 N–H and O–H groups in total. The van der Waals surface area contributed by atoms with Crippen LogP contribution in [0.2, 0.25) is 0 Å². The second-order valence-corrected chi connectivity index (χ2v) is 10.5. The van der Waals surface area contributed by atoms with Crippen molar-refractivity contribution >= 4 is 27.3 Å². The third kappa shape index (κ3) is 3.02. The highest BCUT2D eigenvalue weighted by Gasteiger charge is 2.41. The zero-order valence-corrected chi connectivity index (χ0v) is 15.3. The van der Waals surface area contributed by atoms with Gasteiger partial charge in [-0.05, 0) is 55.4 Å². The van der Waals surface area contributed by atoms with Gasteiger partial charge in [0.1, 0.15) is 4.21 Å². The third-order valence-corrected chi connectivity index (χ3v) is 9.25. The molecule has 0 radical (unpaired) electrons. The molecule has 0 spiro atoms. The van der Waals surface area contributed by atoms with Crippen LogP contribution in [0.5, 0.6) is 0 Å². The van der Waals surface area contributed by atoms with Crippen LogP contribution in [0.3, 0.4) is 0 Å². The summed E-state index contributed by atoms with van der Waals surface area (Å²) in [4.78, 5) is 12.5. The van der Waals surface area contributed by atoms with Gasteiger partial charge in [0.25, 0.3) is 10.0 Å². The Morgan fingerprint density at radius 3 is 2.54 bits per heavy atom. The fourth-order valence-electron chi connectivity index (χ4n) is 4.62. The van der Waals surface area contributed by atoms with Crippen LogP contribution < -0.4 is 5.32 Å². The van der Waals surface area contributed by atoms with Crippen molar-refractivity contribution in [3.63, 3.8) is 0 Å². The topological polar surface area (TPSA) is 66.5 Å². The summed E-state index contributed by atoms with van der Waals surface area (Å²) in [7, 11) is -3.38. The smallest absolute Gasteiger partial charge is 0.252 e. The molecule has 24 heavy (non-hydrogen) atoms. The fraction of sp³-hybridized carbons (Fsp3) is 0.706. The van der Waals surface area contributed by atoms with E-state index in [0.717, 1.165) is 12.3 Å². The van der Waals surface area contributed by atoms with Crippen molar-refractivity contribution in [2.45, 2.75) is 48.8 Å². The maximum Gasteiger partial charge on any atom is 0.252 e. The van der Waals surface area contributed by atoms with Crippen LogP contribution in [0.1, 0.15) is 38.5 Å². The third-order valence-electron chi connectivity index (χ3n) is 5.98. The lowest BCUT2D eigenvalue weighted by Gasteiger charge is -2.32. The molecule has 1 amide bonds. The van der Waals surface area contributed by atoms with Gasteiger partial charge in [-0.1, -0.05) is 12.5 Å². The van der Waals surface area contributed by atoms with E-state index in [1.807, 2.05) is 0 Å². The maximum atomic E-state index is 12.5. The predicted molar refractivity (Wildman–Crippen MR) is 93.2 cm³/mol. The van der Waals surface area contributed by atoms with Gasteiger partial charge in [-0.3, -0.25) is 4.79 Å². The Hall–Kier alpha value is -0.920. The molecular formula is C17H24N2O3S2. The summed E-state index contributed by atoms with van der Waals surface area (Å²) in [6.07, 6.45) is 6.25. The van der Waals surface area contributed by atoms with Gasteiger partial charge < -0.3 is 5.32 Å². The molecule has 7 heteroatoms. The molecule has 2 aliphatic carbocycles. The van der Waals surface area contributed by atoms with E-state index in [1.165, 1.54) is 34.9 Å². The molecule has 5 nitrogen and oxygen atoms in total. The van der Waals surface area contributed by atoms with Gasteiger partial charge in [-0.15, -0.1) is 11.3 Å². The predicted octanol–water partition coefficient (Wildman–Crippen LogP) is 2.45. The first-order chi connectivity index (χ1) is 11.5. The lowest BCUT2D eigenvalue weighted by atomic mass is 9.93. The molecule has 3 aliphatic rings. The van der Waals surface area contributed by atoms with Crippen LogP contribution in [0.15, 0.2) is 21.7 Å². The molecule has 1 saturated heterocycles. The van der Waals surface area contributed by atoms with E-state index in [4.69, 9.17) is 0 Å². The highest BCUT2D eigenvalue weighted by molar-refractivity contribution is 7.91. The average Bonchev–Trinajstić information content (AvgIpc) is 3.32. The zero-order valence-electron chi connectivity index (χ0n) is 13.7. The molecule has 1 aliphatic heterocycles. The largest absolute Gasteiger partial charge is 0.353 e. The van der Waals surface area contributed by atoms with Gasteiger partial charge in [-0.2, -0.15) is 4.31 Å². The Kier molecular flexibility index (Phi) is 4.43. The van der Waals surface area contributed by atoms with E-state index >= 15 is 0 Å². The number of thiophene rings is 1. The molecular weight excluding hydrogens is 344 g/mol. The Labute approximate surface area is 147 Å². The number of carbonyl (C=O) groups is 1. The van der Waals surface area contributed by atoms with E-state index < -0.39 is 10.0 Å². The number of carbonyl (C=O) groups excluding carboxylic acids is 1. The van der Waals surface area contributed by atoms with Gasteiger partial charge >= 0.3 is 0 Å². The molecule has 3 atom stereocenters. The van der Waals surface area contributed by atoms with E-state index in [-0.39, 0.29) is 11.8 Å². The molecule has 132 valence electrons. The summed E-state index contributed by atoms with van der Waals surface area (Å²) < 4.78 is 27.0.